The van der Waals surface area contributed by atoms with Crippen LogP contribution in [0.2, 0.25) is 0 Å². The first-order chi connectivity index (χ1) is 14.0. The summed E-state index contributed by atoms with van der Waals surface area (Å²) in [6.07, 6.45) is 0. The zero-order valence-corrected chi connectivity index (χ0v) is 17.2. The van der Waals surface area contributed by atoms with Crippen LogP contribution in [0.5, 0.6) is 0 Å². The number of thioether (sulfide) groups is 2. The molecule has 0 atom stereocenters. The number of aromatic nitrogens is 2. The lowest BCUT2D eigenvalue weighted by Crippen LogP contribution is -2.13. The van der Waals surface area contributed by atoms with E-state index in [1.807, 2.05) is 0 Å². The van der Waals surface area contributed by atoms with E-state index >= 15 is 0 Å². The molecule has 3 rings (SSSR count). The standard InChI is InChI=1S/C18H14F2N4O2S3/c19-11-1-5-13(6-2-11)21-15(25)9-27-17-23-24-18(29-17)28-10-16(26)22-14-7-3-12(20)4-8-14/h1-8H,9-10H2,(H,21,25)(H,22,26). The Kier molecular flexibility index (Phi) is 7.55. The molecule has 0 fully saturated rings. The summed E-state index contributed by atoms with van der Waals surface area (Å²) in [5.74, 6) is -0.983. The number of hydrogen-bond donors (Lipinski definition) is 2. The minimum absolute atomic E-state index is 0.127. The number of halogens is 2. The summed E-state index contributed by atoms with van der Waals surface area (Å²) in [6.45, 7) is 0. The number of rotatable bonds is 8. The highest BCUT2D eigenvalue weighted by Gasteiger charge is 2.11. The molecular weight excluding hydrogens is 438 g/mol. The lowest BCUT2D eigenvalue weighted by atomic mass is 10.3. The van der Waals surface area contributed by atoms with Gasteiger partial charge in [-0.3, -0.25) is 9.59 Å². The maximum atomic E-state index is 12.9. The van der Waals surface area contributed by atoms with Crippen LogP contribution in [0.25, 0.3) is 0 Å². The second-order valence-electron chi connectivity index (χ2n) is 5.52. The first-order valence-corrected chi connectivity index (χ1v) is 11.0. The molecule has 11 heteroatoms. The van der Waals surface area contributed by atoms with Gasteiger partial charge in [-0.25, -0.2) is 8.78 Å². The van der Waals surface area contributed by atoms with Crippen molar-refractivity contribution in [2.75, 3.05) is 22.1 Å². The van der Waals surface area contributed by atoms with E-state index < -0.39 is 0 Å². The van der Waals surface area contributed by atoms with E-state index in [9.17, 15) is 18.4 Å². The van der Waals surface area contributed by atoms with Gasteiger partial charge >= 0.3 is 0 Å². The Bertz CT molecular complexity index is 904. The molecule has 0 aliphatic rings. The van der Waals surface area contributed by atoms with Gasteiger partial charge in [0, 0.05) is 11.4 Å². The minimum Gasteiger partial charge on any atom is -0.325 e. The quantitative estimate of drug-likeness (QED) is 0.497. The number of amides is 2. The molecule has 0 unspecified atom stereocenters. The fraction of sp³-hybridized carbons (Fsp3) is 0.111. The maximum Gasteiger partial charge on any atom is 0.234 e. The lowest BCUT2D eigenvalue weighted by Gasteiger charge is -2.03. The topological polar surface area (TPSA) is 84.0 Å². The highest BCUT2D eigenvalue weighted by atomic mass is 32.2. The molecule has 2 amide bonds. The smallest absolute Gasteiger partial charge is 0.234 e. The Labute approximate surface area is 177 Å². The second-order valence-corrected chi connectivity index (χ2v) is 8.94. The maximum absolute atomic E-state index is 12.9. The summed E-state index contributed by atoms with van der Waals surface area (Å²) in [5.41, 5.74) is 1.02. The average molecular weight is 453 g/mol. The van der Waals surface area contributed by atoms with Gasteiger partial charge in [0.1, 0.15) is 11.6 Å². The highest BCUT2D eigenvalue weighted by molar-refractivity contribution is 8.03. The van der Waals surface area contributed by atoms with Crippen LogP contribution < -0.4 is 10.6 Å². The Balaban J connectivity index is 1.40. The molecule has 2 N–H and O–H groups in total. The Morgan fingerprint density at radius 2 is 1.14 bits per heavy atom. The summed E-state index contributed by atoms with van der Waals surface area (Å²) >= 11 is 3.72. The number of benzene rings is 2. The van der Waals surface area contributed by atoms with Crippen LogP contribution in [0, 0.1) is 11.6 Å². The van der Waals surface area contributed by atoms with Gasteiger partial charge in [0.2, 0.25) is 11.8 Å². The van der Waals surface area contributed by atoms with Crippen molar-refractivity contribution in [1.82, 2.24) is 10.2 Å². The first kappa shape index (κ1) is 21.2. The van der Waals surface area contributed by atoms with Gasteiger partial charge in [-0.15, -0.1) is 10.2 Å². The normalized spacial score (nSPS) is 10.6. The zero-order chi connectivity index (χ0) is 20.6. The van der Waals surface area contributed by atoms with Crippen LogP contribution >= 0.6 is 34.9 Å². The van der Waals surface area contributed by atoms with Gasteiger partial charge in [-0.05, 0) is 48.5 Å². The van der Waals surface area contributed by atoms with Crippen molar-refractivity contribution in [2.24, 2.45) is 0 Å². The molecule has 3 aromatic rings. The molecule has 0 saturated heterocycles. The molecule has 0 aliphatic carbocycles. The van der Waals surface area contributed by atoms with Crippen molar-refractivity contribution < 1.29 is 18.4 Å². The van der Waals surface area contributed by atoms with Crippen molar-refractivity contribution >= 4 is 58.0 Å². The molecule has 1 aromatic heterocycles. The van der Waals surface area contributed by atoms with Crippen molar-refractivity contribution in [3.63, 3.8) is 0 Å². The largest absolute Gasteiger partial charge is 0.325 e. The Hall–Kier alpha value is -2.50. The summed E-state index contributed by atoms with van der Waals surface area (Å²) in [5, 5.41) is 13.3. The lowest BCUT2D eigenvalue weighted by molar-refractivity contribution is -0.114. The van der Waals surface area contributed by atoms with Crippen LogP contribution in [0.15, 0.2) is 57.2 Å². The fourth-order valence-electron chi connectivity index (χ4n) is 2.03. The van der Waals surface area contributed by atoms with E-state index in [-0.39, 0.29) is 35.0 Å². The molecule has 6 nitrogen and oxygen atoms in total. The third-order valence-corrected chi connectivity index (χ3v) is 6.49. The number of anilines is 2. The molecule has 2 aromatic carbocycles. The van der Waals surface area contributed by atoms with Gasteiger partial charge in [0.15, 0.2) is 8.68 Å². The summed E-state index contributed by atoms with van der Waals surface area (Å²) < 4.78 is 26.9. The number of carbonyl (C=O) groups is 2. The molecule has 0 radical (unpaired) electrons. The van der Waals surface area contributed by atoms with Gasteiger partial charge in [0.25, 0.3) is 0 Å². The van der Waals surface area contributed by atoms with Crippen LogP contribution in [0.4, 0.5) is 20.2 Å². The fourth-order valence-corrected chi connectivity index (χ4v) is 4.65. The summed E-state index contributed by atoms with van der Waals surface area (Å²) in [6, 6.07) is 11.0. The van der Waals surface area contributed by atoms with Crippen molar-refractivity contribution in [3.8, 4) is 0 Å². The first-order valence-electron chi connectivity index (χ1n) is 8.18. The third-order valence-electron chi connectivity index (χ3n) is 3.30. The van der Waals surface area contributed by atoms with Crippen molar-refractivity contribution in [2.45, 2.75) is 8.68 Å². The van der Waals surface area contributed by atoms with Crippen LogP contribution in [-0.2, 0) is 9.59 Å². The van der Waals surface area contributed by atoms with E-state index in [0.29, 0.717) is 20.1 Å². The Morgan fingerprint density at radius 3 is 1.52 bits per heavy atom. The number of nitrogens with zero attached hydrogens (tertiary/aromatic N) is 2. The molecule has 0 saturated carbocycles. The monoisotopic (exact) mass is 452 g/mol. The van der Waals surface area contributed by atoms with Gasteiger partial charge in [-0.1, -0.05) is 34.9 Å². The summed E-state index contributed by atoms with van der Waals surface area (Å²) in [4.78, 5) is 23.9. The molecule has 0 aliphatic heterocycles. The predicted octanol–water partition coefficient (Wildman–Crippen LogP) is 4.28. The van der Waals surface area contributed by atoms with Crippen LogP contribution in [0.1, 0.15) is 0 Å². The van der Waals surface area contributed by atoms with Crippen LogP contribution in [0.3, 0.4) is 0 Å². The average Bonchev–Trinajstić information content (AvgIpc) is 3.16. The minimum atomic E-state index is -0.373. The number of carbonyl (C=O) groups excluding carboxylic acids is 2. The third kappa shape index (κ3) is 7.11. The highest BCUT2D eigenvalue weighted by Crippen LogP contribution is 2.29. The van der Waals surface area contributed by atoms with E-state index in [2.05, 4.69) is 20.8 Å². The molecule has 0 bridgehead atoms. The SMILES string of the molecule is O=C(CSc1nnc(SCC(=O)Nc2ccc(F)cc2)s1)Nc1ccc(F)cc1. The van der Waals surface area contributed by atoms with Gasteiger partial charge < -0.3 is 10.6 Å². The molecule has 1 heterocycles. The van der Waals surface area contributed by atoms with E-state index in [1.54, 1.807) is 0 Å². The second kappa shape index (κ2) is 10.3. The van der Waals surface area contributed by atoms with Crippen LogP contribution in [-0.4, -0.2) is 33.5 Å². The van der Waals surface area contributed by atoms with Crippen molar-refractivity contribution in [3.05, 3.63) is 60.2 Å². The number of hydrogen-bond acceptors (Lipinski definition) is 7. The molecule has 29 heavy (non-hydrogen) atoms. The number of nitrogens with one attached hydrogen (secondary N) is 2. The zero-order valence-electron chi connectivity index (χ0n) is 14.7. The Morgan fingerprint density at radius 1 is 0.759 bits per heavy atom. The van der Waals surface area contributed by atoms with Gasteiger partial charge in [0.05, 0.1) is 11.5 Å². The molecule has 150 valence electrons. The van der Waals surface area contributed by atoms with E-state index in [4.69, 9.17) is 0 Å². The van der Waals surface area contributed by atoms with Gasteiger partial charge in [-0.2, -0.15) is 0 Å². The predicted molar refractivity (Wildman–Crippen MR) is 111 cm³/mol. The van der Waals surface area contributed by atoms with E-state index in [0.717, 1.165) is 0 Å². The molecular formula is C18H14F2N4O2S3. The van der Waals surface area contributed by atoms with Crippen molar-refractivity contribution in [1.29, 1.82) is 0 Å². The summed E-state index contributed by atoms with van der Waals surface area (Å²) in [7, 11) is 0. The van der Waals surface area contributed by atoms with E-state index in [1.165, 1.54) is 83.4 Å². The molecule has 0 spiro atoms.